The first kappa shape index (κ1) is 18.9. The molecule has 1 heterocycles. The molecular formula is C21H24N2O4. The number of rotatable bonds is 5. The molecule has 0 radical (unpaired) electrons. The Kier molecular flexibility index (Phi) is 6.08. The summed E-state index contributed by atoms with van der Waals surface area (Å²) in [7, 11) is 0. The number of benzene rings is 2. The molecule has 142 valence electrons. The fourth-order valence-corrected chi connectivity index (χ4v) is 2.85. The van der Waals surface area contributed by atoms with Crippen LogP contribution in [0.25, 0.3) is 0 Å². The molecule has 0 unspecified atom stereocenters. The van der Waals surface area contributed by atoms with Crippen molar-refractivity contribution in [1.29, 1.82) is 0 Å². The summed E-state index contributed by atoms with van der Waals surface area (Å²) in [6.07, 6.45) is 0. The maximum atomic E-state index is 12.7. The molecule has 6 heteroatoms. The van der Waals surface area contributed by atoms with E-state index in [1.165, 1.54) is 5.56 Å². The van der Waals surface area contributed by atoms with Crippen LogP contribution in [0.2, 0.25) is 0 Å². The van der Waals surface area contributed by atoms with Crippen molar-refractivity contribution in [3.05, 3.63) is 59.2 Å². The van der Waals surface area contributed by atoms with Gasteiger partial charge in [-0.2, -0.15) is 0 Å². The molecule has 1 saturated heterocycles. The standard InChI is InChI=1S/C21H24N2O4/c1-15-7-8-17(13-16(15)2)27-14-20(24)22-19-6-4-3-5-18(19)21(25)23-9-11-26-12-10-23/h3-8,13H,9-12,14H2,1-2H3,(H,22,24). The van der Waals surface area contributed by atoms with Gasteiger partial charge in [-0.05, 0) is 49.2 Å². The molecule has 0 aliphatic carbocycles. The van der Waals surface area contributed by atoms with Crippen molar-refractivity contribution in [2.75, 3.05) is 38.2 Å². The lowest BCUT2D eigenvalue weighted by Gasteiger charge is -2.27. The number of nitrogens with one attached hydrogen (secondary N) is 1. The molecule has 2 aromatic rings. The Labute approximate surface area is 159 Å². The highest BCUT2D eigenvalue weighted by Crippen LogP contribution is 2.19. The SMILES string of the molecule is Cc1ccc(OCC(=O)Nc2ccccc2C(=O)N2CCOCC2)cc1C. The van der Waals surface area contributed by atoms with Gasteiger partial charge in [0.2, 0.25) is 0 Å². The first-order chi connectivity index (χ1) is 13.0. The zero-order valence-electron chi connectivity index (χ0n) is 15.7. The summed E-state index contributed by atoms with van der Waals surface area (Å²) in [4.78, 5) is 26.8. The van der Waals surface area contributed by atoms with Gasteiger partial charge in [-0.1, -0.05) is 18.2 Å². The van der Waals surface area contributed by atoms with Crippen LogP contribution in [0.3, 0.4) is 0 Å². The number of hydrogen-bond donors (Lipinski definition) is 1. The lowest BCUT2D eigenvalue weighted by atomic mass is 10.1. The second kappa shape index (κ2) is 8.68. The number of nitrogens with zero attached hydrogens (tertiary/aromatic N) is 1. The number of para-hydroxylation sites is 1. The highest BCUT2D eigenvalue weighted by Gasteiger charge is 2.21. The number of amides is 2. The largest absolute Gasteiger partial charge is 0.484 e. The van der Waals surface area contributed by atoms with Crippen LogP contribution in [0.5, 0.6) is 5.75 Å². The summed E-state index contributed by atoms with van der Waals surface area (Å²) in [6, 6.07) is 12.7. The van der Waals surface area contributed by atoms with Gasteiger partial charge in [-0.25, -0.2) is 0 Å². The lowest BCUT2D eigenvalue weighted by Crippen LogP contribution is -2.41. The Morgan fingerprint density at radius 2 is 1.81 bits per heavy atom. The number of aryl methyl sites for hydroxylation is 2. The molecule has 1 fully saturated rings. The van der Waals surface area contributed by atoms with E-state index in [-0.39, 0.29) is 18.4 Å². The number of morpholine rings is 1. The molecule has 0 atom stereocenters. The van der Waals surface area contributed by atoms with E-state index in [1.807, 2.05) is 32.0 Å². The first-order valence-corrected chi connectivity index (χ1v) is 9.00. The molecule has 1 aliphatic heterocycles. The number of carbonyl (C=O) groups excluding carboxylic acids is 2. The highest BCUT2D eigenvalue weighted by molar-refractivity contribution is 6.04. The Morgan fingerprint density at radius 3 is 2.56 bits per heavy atom. The van der Waals surface area contributed by atoms with Crippen LogP contribution < -0.4 is 10.1 Å². The van der Waals surface area contributed by atoms with Crippen molar-refractivity contribution in [3.63, 3.8) is 0 Å². The maximum Gasteiger partial charge on any atom is 0.262 e. The van der Waals surface area contributed by atoms with Gasteiger partial charge in [0.05, 0.1) is 24.5 Å². The molecule has 3 rings (SSSR count). The van der Waals surface area contributed by atoms with Crippen LogP contribution in [0, 0.1) is 13.8 Å². The van der Waals surface area contributed by atoms with Gasteiger partial charge in [-0.15, -0.1) is 0 Å². The van der Waals surface area contributed by atoms with E-state index in [4.69, 9.17) is 9.47 Å². The number of anilines is 1. The quantitative estimate of drug-likeness (QED) is 0.881. The second-order valence-corrected chi connectivity index (χ2v) is 6.53. The molecule has 0 saturated carbocycles. The topological polar surface area (TPSA) is 67.9 Å². The van der Waals surface area contributed by atoms with Gasteiger partial charge >= 0.3 is 0 Å². The summed E-state index contributed by atoms with van der Waals surface area (Å²) in [5, 5.41) is 2.78. The Morgan fingerprint density at radius 1 is 1.07 bits per heavy atom. The van der Waals surface area contributed by atoms with Crippen molar-refractivity contribution in [1.82, 2.24) is 4.90 Å². The lowest BCUT2D eigenvalue weighted by molar-refractivity contribution is -0.118. The molecule has 2 amide bonds. The van der Waals surface area contributed by atoms with E-state index in [2.05, 4.69) is 5.32 Å². The van der Waals surface area contributed by atoms with Gasteiger partial charge < -0.3 is 19.7 Å². The second-order valence-electron chi connectivity index (χ2n) is 6.53. The van der Waals surface area contributed by atoms with Gasteiger partial charge in [0.15, 0.2) is 6.61 Å². The third kappa shape index (κ3) is 4.86. The molecule has 0 aromatic heterocycles. The average molecular weight is 368 g/mol. The summed E-state index contributed by atoms with van der Waals surface area (Å²) in [5.41, 5.74) is 3.23. The first-order valence-electron chi connectivity index (χ1n) is 9.00. The predicted octanol–water partition coefficient (Wildman–Crippen LogP) is 2.79. The van der Waals surface area contributed by atoms with Crippen LogP contribution in [-0.4, -0.2) is 49.6 Å². The van der Waals surface area contributed by atoms with E-state index in [1.54, 1.807) is 29.2 Å². The molecule has 1 aliphatic rings. The van der Waals surface area contributed by atoms with Crippen LogP contribution in [-0.2, 0) is 9.53 Å². The van der Waals surface area contributed by atoms with Crippen LogP contribution in [0.4, 0.5) is 5.69 Å². The van der Waals surface area contributed by atoms with E-state index < -0.39 is 0 Å². The predicted molar refractivity (Wildman–Crippen MR) is 103 cm³/mol. The number of carbonyl (C=O) groups is 2. The average Bonchev–Trinajstić information content (AvgIpc) is 2.69. The zero-order chi connectivity index (χ0) is 19.2. The van der Waals surface area contributed by atoms with Crippen molar-refractivity contribution in [3.8, 4) is 5.75 Å². The summed E-state index contributed by atoms with van der Waals surface area (Å²) in [5.74, 6) is 0.227. The molecule has 0 bridgehead atoms. The van der Waals surface area contributed by atoms with Crippen molar-refractivity contribution in [2.24, 2.45) is 0 Å². The summed E-state index contributed by atoms with van der Waals surface area (Å²) >= 11 is 0. The highest BCUT2D eigenvalue weighted by atomic mass is 16.5. The van der Waals surface area contributed by atoms with E-state index in [0.717, 1.165) is 5.56 Å². The maximum absolute atomic E-state index is 12.7. The number of ether oxygens (including phenoxy) is 2. The molecule has 1 N–H and O–H groups in total. The van der Waals surface area contributed by atoms with E-state index in [0.29, 0.717) is 43.3 Å². The normalized spacial score (nSPS) is 13.9. The van der Waals surface area contributed by atoms with Gasteiger partial charge in [0.1, 0.15) is 5.75 Å². The third-order valence-corrected chi connectivity index (χ3v) is 4.58. The van der Waals surface area contributed by atoms with Crippen molar-refractivity contribution in [2.45, 2.75) is 13.8 Å². The monoisotopic (exact) mass is 368 g/mol. The zero-order valence-corrected chi connectivity index (χ0v) is 15.7. The Balaban J connectivity index is 1.63. The van der Waals surface area contributed by atoms with Crippen LogP contribution in [0.15, 0.2) is 42.5 Å². The fraction of sp³-hybridized carbons (Fsp3) is 0.333. The van der Waals surface area contributed by atoms with Gasteiger partial charge in [0, 0.05) is 13.1 Å². The third-order valence-electron chi connectivity index (χ3n) is 4.58. The molecule has 2 aromatic carbocycles. The van der Waals surface area contributed by atoms with E-state index >= 15 is 0 Å². The minimum Gasteiger partial charge on any atom is -0.484 e. The molecule has 27 heavy (non-hydrogen) atoms. The fourth-order valence-electron chi connectivity index (χ4n) is 2.85. The number of hydrogen-bond acceptors (Lipinski definition) is 4. The summed E-state index contributed by atoms with van der Waals surface area (Å²) < 4.78 is 10.9. The van der Waals surface area contributed by atoms with Gasteiger partial charge in [0.25, 0.3) is 11.8 Å². The summed E-state index contributed by atoms with van der Waals surface area (Å²) in [6.45, 7) is 6.06. The van der Waals surface area contributed by atoms with Gasteiger partial charge in [-0.3, -0.25) is 9.59 Å². The molecular weight excluding hydrogens is 344 g/mol. The minimum atomic E-state index is -0.310. The Bertz CT molecular complexity index is 829. The van der Waals surface area contributed by atoms with E-state index in [9.17, 15) is 9.59 Å². The molecule has 6 nitrogen and oxygen atoms in total. The van der Waals surface area contributed by atoms with Crippen molar-refractivity contribution >= 4 is 17.5 Å². The van der Waals surface area contributed by atoms with Crippen LogP contribution >= 0.6 is 0 Å². The van der Waals surface area contributed by atoms with Crippen molar-refractivity contribution < 1.29 is 19.1 Å². The Hall–Kier alpha value is -2.86. The minimum absolute atomic E-state index is 0.107. The molecule has 0 spiro atoms. The smallest absolute Gasteiger partial charge is 0.262 e. The van der Waals surface area contributed by atoms with Crippen LogP contribution in [0.1, 0.15) is 21.5 Å².